The smallest absolute Gasteiger partial charge is 0.0847 e. The van der Waals surface area contributed by atoms with Gasteiger partial charge >= 0.3 is 0 Å². The molecule has 0 aromatic carbocycles. The summed E-state index contributed by atoms with van der Waals surface area (Å²) in [5, 5.41) is 8.71. The number of nitrogens with one attached hydrogen (secondary N) is 1. The molecule has 1 unspecified atom stereocenters. The van der Waals surface area contributed by atoms with Gasteiger partial charge in [-0.15, -0.1) is 0 Å². The number of aryl methyl sites for hydroxylation is 3. The Bertz CT molecular complexity index is 565. The van der Waals surface area contributed by atoms with Crippen molar-refractivity contribution in [1.82, 2.24) is 20.1 Å². The number of pyridine rings is 1. The molecule has 0 bridgehead atoms. The Morgan fingerprint density at radius 2 is 2.19 bits per heavy atom. The first-order valence-electron chi connectivity index (χ1n) is 7.43. The van der Waals surface area contributed by atoms with Crippen molar-refractivity contribution in [3.63, 3.8) is 0 Å². The highest BCUT2D eigenvalue weighted by molar-refractivity contribution is 6.31. The standard InChI is InChI=1S/C16H23ClN4/c1-4-18-14(9-8-13-7-5-6-10-19-13)11-15-16(17)12(2)20-21(15)3/h5-7,10,14,18H,4,8-9,11H2,1-3H3. The Morgan fingerprint density at radius 3 is 2.76 bits per heavy atom. The fourth-order valence-corrected chi connectivity index (χ4v) is 2.81. The largest absolute Gasteiger partial charge is 0.314 e. The third-order valence-electron chi connectivity index (χ3n) is 3.67. The van der Waals surface area contributed by atoms with Crippen molar-refractivity contribution in [2.75, 3.05) is 6.54 Å². The Kier molecular flexibility index (Phi) is 5.76. The van der Waals surface area contributed by atoms with Crippen LogP contribution in [0.3, 0.4) is 0 Å². The number of hydrogen-bond donors (Lipinski definition) is 1. The molecule has 4 nitrogen and oxygen atoms in total. The molecule has 0 spiro atoms. The third kappa shape index (κ3) is 4.29. The SMILES string of the molecule is CCNC(CCc1ccccn1)Cc1c(Cl)c(C)nn1C. The first-order valence-corrected chi connectivity index (χ1v) is 7.80. The van der Waals surface area contributed by atoms with Crippen LogP contribution in [0.1, 0.15) is 30.4 Å². The number of aromatic nitrogens is 3. The van der Waals surface area contributed by atoms with Gasteiger partial charge in [0.05, 0.1) is 16.4 Å². The van der Waals surface area contributed by atoms with Crippen LogP contribution < -0.4 is 5.32 Å². The zero-order chi connectivity index (χ0) is 15.2. The third-order valence-corrected chi connectivity index (χ3v) is 4.16. The summed E-state index contributed by atoms with van der Waals surface area (Å²) >= 11 is 6.35. The van der Waals surface area contributed by atoms with Crippen LogP contribution >= 0.6 is 11.6 Å². The predicted molar refractivity (Wildman–Crippen MR) is 86.7 cm³/mol. The van der Waals surface area contributed by atoms with Crippen LogP contribution in [0.25, 0.3) is 0 Å². The molecular weight excluding hydrogens is 284 g/mol. The second-order valence-corrected chi connectivity index (χ2v) is 5.67. The lowest BCUT2D eigenvalue weighted by atomic mass is 10.0. The molecule has 0 aliphatic carbocycles. The van der Waals surface area contributed by atoms with Crippen molar-refractivity contribution >= 4 is 11.6 Å². The molecular formula is C16H23ClN4. The van der Waals surface area contributed by atoms with E-state index >= 15 is 0 Å². The quantitative estimate of drug-likeness (QED) is 0.855. The maximum atomic E-state index is 6.35. The summed E-state index contributed by atoms with van der Waals surface area (Å²) in [5.74, 6) is 0. The minimum atomic E-state index is 0.379. The summed E-state index contributed by atoms with van der Waals surface area (Å²) < 4.78 is 1.89. The van der Waals surface area contributed by atoms with Crippen molar-refractivity contribution in [3.8, 4) is 0 Å². The van der Waals surface area contributed by atoms with Crippen LogP contribution in [0.2, 0.25) is 5.02 Å². The van der Waals surface area contributed by atoms with Gasteiger partial charge in [-0.3, -0.25) is 9.67 Å². The van der Waals surface area contributed by atoms with E-state index < -0.39 is 0 Å². The zero-order valence-electron chi connectivity index (χ0n) is 12.9. The van der Waals surface area contributed by atoms with Gasteiger partial charge in [0.1, 0.15) is 0 Å². The van der Waals surface area contributed by atoms with Crippen molar-refractivity contribution in [2.45, 2.75) is 39.2 Å². The number of likely N-dealkylation sites (N-methyl/N-ethyl adjacent to an activating group) is 1. The van der Waals surface area contributed by atoms with E-state index in [-0.39, 0.29) is 0 Å². The average molecular weight is 307 g/mol. The minimum absolute atomic E-state index is 0.379. The number of nitrogens with zero attached hydrogens (tertiary/aromatic N) is 3. The molecule has 0 aliphatic rings. The molecule has 0 aliphatic heterocycles. The molecule has 21 heavy (non-hydrogen) atoms. The molecule has 2 aromatic rings. The zero-order valence-corrected chi connectivity index (χ0v) is 13.7. The Morgan fingerprint density at radius 1 is 1.38 bits per heavy atom. The summed E-state index contributed by atoms with van der Waals surface area (Å²) in [4.78, 5) is 4.39. The van der Waals surface area contributed by atoms with Crippen molar-refractivity contribution < 1.29 is 0 Å². The van der Waals surface area contributed by atoms with Crippen LogP contribution in [0, 0.1) is 6.92 Å². The topological polar surface area (TPSA) is 42.7 Å². The number of hydrogen-bond acceptors (Lipinski definition) is 3. The molecule has 0 saturated heterocycles. The van der Waals surface area contributed by atoms with E-state index in [1.807, 2.05) is 37.0 Å². The Hall–Kier alpha value is -1.39. The first kappa shape index (κ1) is 16.0. The van der Waals surface area contributed by atoms with Gasteiger partial charge in [0.25, 0.3) is 0 Å². The van der Waals surface area contributed by atoms with Gasteiger partial charge in [0.15, 0.2) is 0 Å². The van der Waals surface area contributed by atoms with E-state index in [0.29, 0.717) is 6.04 Å². The van der Waals surface area contributed by atoms with Gasteiger partial charge < -0.3 is 5.32 Å². The summed E-state index contributed by atoms with van der Waals surface area (Å²) in [7, 11) is 1.95. The van der Waals surface area contributed by atoms with Crippen LogP contribution in [-0.4, -0.2) is 27.4 Å². The summed E-state index contributed by atoms with van der Waals surface area (Å²) in [6.07, 6.45) is 4.73. The van der Waals surface area contributed by atoms with Gasteiger partial charge in [-0.1, -0.05) is 24.6 Å². The maximum absolute atomic E-state index is 6.35. The van der Waals surface area contributed by atoms with Crippen LogP contribution in [0.4, 0.5) is 0 Å². The fourth-order valence-electron chi connectivity index (χ4n) is 2.57. The normalized spacial score (nSPS) is 12.6. The van der Waals surface area contributed by atoms with E-state index in [1.165, 1.54) is 0 Å². The van der Waals surface area contributed by atoms with Crippen LogP contribution in [-0.2, 0) is 19.9 Å². The lowest BCUT2D eigenvalue weighted by molar-refractivity contribution is 0.476. The fraction of sp³-hybridized carbons (Fsp3) is 0.500. The van der Waals surface area contributed by atoms with Gasteiger partial charge in [-0.25, -0.2) is 0 Å². The van der Waals surface area contributed by atoms with Crippen LogP contribution in [0.15, 0.2) is 24.4 Å². The van der Waals surface area contributed by atoms with Crippen molar-refractivity contribution in [2.24, 2.45) is 7.05 Å². The Balaban J connectivity index is 2.02. The lowest BCUT2D eigenvalue weighted by Gasteiger charge is -2.18. The number of rotatable bonds is 7. The molecule has 0 saturated carbocycles. The predicted octanol–water partition coefficient (Wildman–Crippen LogP) is 2.93. The summed E-state index contributed by atoms with van der Waals surface area (Å²) in [6, 6.07) is 6.43. The monoisotopic (exact) mass is 306 g/mol. The molecule has 0 amide bonds. The summed E-state index contributed by atoms with van der Waals surface area (Å²) in [5.41, 5.74) is 3.13. The Labute approximate surface area is 131 Å². The highest BCUT2D eigenvalue weighted by atomic mass is 35.5. The minimum Gasteiger partial charge on any atom is -0.314 e. The van der Waals surface area contributed by atoms with E-state index in [9.17, 15) is 0 Å². The van der Waals surface area contributed by atoms with E-state index in [1.54, 1.807) is 0 Å². The highest BCUT2D eigenvalue weighted by Crippen LogP contribution is 2.21. The lowest BCUT2D eigenvalue weighted by Crippen LogP contribution is -2.32. The summed E-state index contributed by atoms with van der Waals surface area (Å²) in [6.45, 7) is 5.02. The van der Waals surface area contributed by atoms with Gasteiger partial charge in [-0.05, 0) is 38.4 Å². The maximum Gasteiger partial charge on any atom is 0.0847 e. The molecule has 2 heterocycles. The molecule has 1 N–H and O–H groups in total. The first-order chi connectivity index (χ1) is 10.1. The molecule has 0 radical (unpaired) electrons. The van der Waals surface area contributed by atoms with Crippen molar-refractivity contribution in [3.05, 3.63) is 46.5 Å². The molecule has 114 valence electrons. The average Bonchev–Trinajstić information content (AvgIpc) is 2.72. The van der Waals surface area contributed by atoms with E-state index in [2.05, 4.69) is 28.4 Å². The second kappa shape index (κ2) is 7.57. The molecule has 2 rings (SSSR count). The molecule has 5 heteroatoms. The van der Waals surface area contributed by atoms with Gasteiger partial charge in [-0.2, -0.15) is 5.10 Å². The highest BCUT2D eigenvalue weighted by Gasteiger charge is 2.16. The van der Waals surface area contributed by atoms with Gasteiger partial charge in [0.2, 0.25) is 0 Å². The van der Waals surface area contributed by atoms with Crippen molar-refractivity contribution in [1.29, 1.82) is 0 Å². The van der Waals surface area contributed by atoms with E-state index in [0.717, 1.165) is 47.9 Å². The van der Waals surface area contributed by atoms with Crippen LogP contribution in [0.5, 0.6) is 0 Å². The molecule has 2 aromatic heterocycles. The second-order valence-electron chi connectivity index (χ2n) is 5.29. The molecule has 1 atom stereocenters. The number of halogens is 1. The van der Waals surface area contributed by atoms with Gasteiger partial charge in [0, 0.05) is 31.4 Å². The molecule has 0 fully saturated rings. The van der Waals surface area contributed by atoms with E-state index in [4.69, 9.17) is 11.6 Å².